The van der Waals surface area contributed by atoms with Crippen LogP contribution in [0.4, 0.5) is 14.5 Å². The predicted molar refractivity (Wildman–Crippen MR) is 71.3 cm³/mol. The molecule has 1 unspecified atom stereocenters. The SMILES string of the molecule is OCC(Nc1ccc(F)cc1)c1c(F)cccc1Cl. The van der Waals surface area contributed by atoms with Crippen molar-refractivity contribution in [2.75, 3.05) is 11.9 Å². The van der Waals surface area contributed by atoms with Crippen molar-refractivity contribution in [3.8, 4) is 0 Å². The molecule has 0 aliphatic carbocycles. The lowest BCUT2D eigenvalue weighted by atomic mass is 10.1. The fourth-order valence-electron chi connectivity index (χ4n) is 1.80. The van der Waals surface area contributed by atoms with Gasteiger partial charge in [0.2, 0.25) is 0 Å². The molecule has 0 heterocycles. The van der Waals surface area contributed by atoms with Crippen molar-refractivity contribution in [1.82, 2.24) is 0 Å². The van der Waals surface area contributed by atoms with Gasteiger partial charge in [0.25, 0.3) is 0 Å². The first-order valence-electron chi connectivity index (χ1n) is 5.68. The molecule has 2 rings (SSSR count). The number of benzene rings is 2. The Morgan fingerprint density at radius 1 is 1.11 bits per heavy atom. The van der Waals surface area contributed by atoms with E-state index in [9.17, 15) is 13.9 Å². The molecule has 2 N–H and O–H groups in total. The van der Waals surface area contributed by atoms with Gasteiger partial charge < -0.3 is 10.4 Å². The van der Waals surface area contributed by atoms with Gasteiger partial charge in [0.1, 0.15) is 11.6 Å². The van der Waals surface area contributed by atoms with E-state index in [1.165, 1.54) is 36.4 Å². The number of aliphatic hydroxyl groups is 1. The van der Waals surface area contributed by atoms with Crippen LogP contribution in [0.3, 0.4) is 0 Å². The van der Waals surface area contributed by atoms with Crippen molar-refractivity contribution >= 4 is 17.3 Å². The van der Waals surface area contributed by atoms with E-state index in [-0.39, 0.29) is 23.0 Å². The third-order valence-corrected chi connectivity index (χ3v) is 3.05. The van der Waals surface area contributed by atoms with E-state index in [4.69, 9.17) is 11.6 Å². The van der Waals surface area contributed by atoms with Crippen molar-refractivity contribution in [2.45, 2.75) is 6.04 Å². The van der Waals surface area contributed by atoms with Gasteiger partial charge in [-0.2, -0.15) is 0 Å². The lowest BCUT2D eigenvalue weighted by Gasteiger charge is -2.19. The number of hydrogen-bond donors (Lipinski definition) is 2. The molecular weight excluding hydrogens is 272 g/mol. The average Bonchev–Trinajstić information content (AvgIpc) is 2.39. The Kier molecular flexibility index (Phi) is 4.35. The highest BCUT2D eigenvalue weighted by atomic mass is 35.5. The fourth-order valence-corrected chi connectivity index (χ4v) is 2.09. The number of nitrogens with one attached hydrogen (secondary N) is 1. The molecule has 5 heteroatoms. The zero-order valence-corrected chi connectivity index (χ0v) is 10.7. The summed E-state index contributed by atoms with van der Waals surface area (Å²) in [6.45, 7) is -0.335. The molecule has 0 radical (unpaired) electrons. The van der Waals surface area contributed by atoms with Crippen LogP contribution in [0.1, 0.15) is 11.6 Å². The number of aliphatic hydroxyl groups excluding tert-OH is 1. The second-order valence-corrected chi connectivity index (χ2v) is 4.43. The third-order valence-electron chi connectivity index (χ3n) is 2.72. The average molecular weight is 284 g/mol. The lowest BCUT2D eigenvalue weighted by molar-refractivity contribution is 0.274. The van der Waals surface area contributed by atoms with Crippen molar-refractivity contribution in [2.24, 2.45) is 0 Å². The normalized spacial score (nSPS) is 12.2. The molecule has 100 valence electrons. The molecule has 0 fully saturated rings. The van der Waals surface area contributed by atoms with Gasteiger partial charge in [-0.05, 0) is 36.4 Å². The minimum atomic E-state index is -0.695. The van der Waals surface area contributed by atoms with Crippen LogP contribution in [0.2, 0.25) is 5.02 Å². The Labute approximate surface area is 114 Å². The smallest absolute Gasteiger partial charge is 0.130 e. The highest BCUT2D eigenvalue weighted by Crippen LogP contribution is 2.28. The molecule has 2 aromatic rings. The second-order valence-electron chi connectivity index (χ2n) is 4.02. The maximum atomic E-state index is 13.8. The van der Waals surface area contributed by atoms with Crippen LogP contribution in [0.15, 0.2) is 42.5 Å². The highest BCUT2D eigenvalue weighted by Gasteiger charge is 2.18. The van der Waals surface area contributed by atoms with Crippen LogP contribution in [0.5, 0.6) is 0 Å². The van der Waals surface area contributed by atoms with Gasteiger partial charge in [0.15, 0.2) is 0 Å². The molecule has 1 atom stereocenters. The van der Waals surface area contributed by atoms with Crippen LogP contribution in [-0.4, -0.2) is 11.7 Å². The summed E-state index contributed by atoms with van der Waals surface area (Å²) >= 11 is 5.94. The molecule has 0 saturated heterocycles. The molecule has 0 bridgehead atoms. The number of rotatable bonds is 4. The standard InChI is InChI=1S/C14H12ClF2NO/c15-11-2-1-3-12(17)14(11)13(8-19)18-10-6-4-9(16)5-7-10/h1-7,13,18-19H,8H2. The summed E-state index contributed by atoms with van der Waals surface area (Å²) in [5.41, 5.74) is 0.760. The molecule has 2 aromatic carbocycles. The van der Waals surface area contributed by atoms with E-state index in [0.717, 1.165) is 0 Å². The van der Waals surface area contributed by atoms with Gasteiger partial charge in [-0.3, -0.25) is 0 Å². The quantitative estimate of drug-likeness (QED) is 0.895. The summed E-state index contributed by atoms with van der Waals surface area (Å²) in [4.78, 5) is 0. The van der Waals surface area contributed by atoms with Gasteiger partial charge in [0, 0.05) is 16.3 Å². The zero-order chi connectivity index (χ0) is 13.8. The van der Waals surface area contributed by atoms with Gasteiger partial charge in [-0.15, -0.1) is 0 Å². The molecule has 0 aliphatic heterocycles. The van der Waals surface area contributed by atoms with Gasteiger partial charge in [-0.1, -0.05) is 17.7 Å². The molecule has 0 amide bonds. The van der Waals surface area contributed by atoms with Crippen molar-refractivity contribution in [3.63, 3.8) is 0 Å². The molecular formula is C14H12ClF2NO. The Hall–Kier alpha value is -1.65. The van der Waals surface area contributed by atoms with Crippen molar-refractivity contribution < 1.29 is 13.9 Å². The molecule has 0 spiro atoms. The van der Waals surface area contributed by atoms with E-state index in [2.05, 4.69) is 5.32 Å². The largest absolute Gasteiger partial charge is 0.394 e. The summed E-state index contributed by atoms with van der Waals surface area (Å²) in [6.07, 6.45) is 0. The summed E-state index contributed by atoms with van der Waals surface area (Å²) in [5, 5.41) is 12.5. The zero-order valence-electron chi connectivity index (χ0n) is 9.91. The summed E-state index contributed by atoms with van der Waals surface area (Å²) in [6, 6.07) is 9.19. The van der Waals surface area contributed by atoms with E-state index in [1.54, 1.807) is 6.07 Å². The first kappa shape index (κ1) is 13.8. The van der Waals surface area contributed by atoms with E-state index < -0.39 is 11.9 Å². The van der Waals surface area contributed by atoms with Crippen LogP contribution < -0.4 is 5.32 Å². The topological polar surface area (TPSA) is 32.3 Å². The summed E-state index contributed by atoms with van der Waals surface area (Å²) < 4.78 is 26.6. The van der Waals surface area contributed by atoms with Crippen LogP contribution >= 0.6 is 11.6 Å². The van der Waals surface area contributed by atoms with Crippen molar-refractivity contribution in [1.29, 1.82) is 0 Å². The number of anilines is 1. The lowest BCUT2D eigenvalue weighted by Crippen LogP contribution is -2.16. The molecule has 19 heavy (non-hydrogen) atoms. The van der Waals surface area contributed by atoms with E-state index in [0.29, 0.717) is 5.69 Å². The highest BCUT2D eigenvalue weighted by molar-refractivity contribution is 6.31. The Morgan fingerprint density at radius 2 is 1.79 bits per heavy atom. The van der Waals surface area contributed by atoms with Gasteiger partial charge in [-0.25, -0.2) is 8.78 Å². The fraction of sp³-hybridized carbons (Fsp3) is 0.143. The van der Waals surface area contributed by atoms with E-state index >= 15 is 0 Å². The van der Waals surface area contributed by atoms with Crippen LogP contribution in [0, 0.1) is 11.6 Å². The Balaban J connectivity index is 2.27. The second kappa shape index (κ2) is 5.99. The van der Waals surface area contributed by atoms with Crippen molar-refractivity contribution in [3.05, 3.63) is 64.7 Å². The van der Waals surface area contributed by atoms with Gasteiger partial charge >= 0.3 is 0 Å². The minimum absolute atomic E-state index is 0.191. The third kappa shape index (κ3) is 3.22. The maximum Gasteiger partial charge on any atom is 0.130 e. The molecule has 0 aromatic heterocycles. The minimum Gasteiger partial charge on any atom is -0.394 e. The van der Waals surface area contributed by atoms with Crippen LogP contribution in [-0.2, 0) is 0 Å². The molecule has 0 aliphatic rings. The van der Waals surface area contributed by atoms with Crippen LogP contribution in [0.25, 0.3) is 0 Å². The molecule has 0 saturated carbocycles. The Morgan fingerprint density at radius 3 is 2.37 bits per heavy atom. The maximum absolute atomic E-state index is 13.8. The summed E-state index contributed by atoms with van der Waals surface area (Å²) in [5.74, 6) is -0.865. The first-order chi connectivity index (χ1) is 9.11. The number of halogens is 3. The first-order valence-corrected chi connectivity index (χ1v) is 6.06. The monoisotopic (exact) mass is 283 g/mol. The molecule has 2 nitrogen and oxygen atoms in total. The Bertz CT molecular complexity index is 540. The predicted octanol–water partition coefficient (Wildman–Crippen LogP) is 3.76. The van der Waals surface area contributed by atoms with Gasteiger partial charge in [0.05, 0.1) is 12.6 Å². The van der Waals surface area contributed by atoms with E-state index in [1.807, 2.05) is 0 Å². The summed E-state index contributed by atoms with van der Waals surface area (Å²) in [7, 11) is 0. The number of hydrogen-bond acceptors (Lipinski definition) is 2.